The van der Waals surface area contributed by atoms with Crippen molar-refractivity contribution in [1.82, 2.24) is 4.90 Å². The first kappa shape index (κ1) is 13.9. The molecule has 2 fully saturated rings. The first-order valence-electron chi connectivity index (χ1n) is 7.14. The van der Waals surface area contributed by atoms with E-state index in [1.165, 1.54) is 48.8 Å². The van der Waals surface area contributed by atoms with Crippen LogP contribution in [0, 0.1) is 11.8 Å². The fourth-order valence-corrected chi connectivity index (χ4v) is 4.09. The van der Waals surface area contributed by atoms with E-state index in [1.807, 2.05) is 0 Å². The lowest BCUT2D eigenvalue weighted by molar-refractivity contribution is -0.132. The fraction of sp³-hybridized carbons (Fsp3) is 0.857. The first-order chi connectivity index (χ1) is 8.70. The average molecular weight is 269 g/mol. The summed E-state index contributed by atoms with van der Waals surface area (Å²) in [6.07, 6.45) is 9.60. The summed E-state index contributed by atoms with van der Waals surface area (Å²) >= 11 is 1.33. The third kappa shape index (κ3) is 3.28. The van der Waals surface area contributed by atoms with Gasteiger partial charge in [0.15, 0.2) is 0 Å². The lowest BCUT2D eigenvalue weighted by Crippen LogP contribution is -2.36. The van der Waals surface area contributed by atoms with Crippen LogP contribution in [0.25, 0.3) is 0 Å². The van der Waals surface area contributed by atoms with Gasteiger partial charge in [-0.3, -0.25) is 14.5 Å². The van der Waals surface area contributed by atoms with Crippen LogP contribution in [0.2, 0.25) is 0 Å². The molecule has 2 rings (SSSR count). The second kappa shape index (κ2) is 6.60. The summed E-state index contributed by atoms with van der Waals surface area (Å²) in [6, 6.07) is 0. The fourth-order valence-electron chi connectivity index (χ4n) is 3.05. The standard InChI is InChI=1S/C14H23NO2S/c1-15-13(16)12-9-7-5-3-2-4-6-8-11(12)10-18-14(15)17/h11-12H,2-10H2,1H3. The Hall–Kier alpha value is -0.510. The van der Waals surface area contributed by atoms with Gasteiger partial charge in [0.2, 0.25) is 5.91 Å². The van der Waals surface area contributed by atoms with Crippen molar-refractivity contribution in [3.05, 3.63) is 0 Å². The zero-order chi connectivity index (χ0) is 13.0. The largest absolute Gasteiger partial charge is 0.288 e. The van der Waals surface area contributed by atoms with Gasteiger partial charge in [0.05, 0.1) is 0 Å². The molecule has 18 heavy (non-hydrogen) atoms. The molecule has 1 heterocycles. The average Bonchev–Trinajstić information content (AvgIpc) is 2.48. The Morgan fingerprint density at radius 3 is 2.33 bits per heavy atom. The van der Waals surface area contributed by atoms with Crippen molar-refractivity contribution in [3.8, 4) is 0 Å². The van der Waals surface area contributed by atoms with Crippen LogP contribution in [0.4, 0.5) is 4.79 Å². The van der Waals surface area contributed by atoms with Crippen molar-refractivity contribution < 1.29 is 9.59 Å². The molecule has 1 aliphatic carbocycles. The summed E-state index contributed by atoms with van der Waals surface area (Å²) < 4.78 is 0. The van der Waals surface area contributed by atoms with Crippen LogP contribution in [0.15, 0.2) is 0 Å². The Morgan fingerprint density at radius 1 is 1.00 bits per heavy atom. The number of carbonyl (C=O) groups excluding carboxylic acids is 2. The molecule has 1 aliphatic heterocycles. The molecule has 2 unspecified atom stereocenters. The summed E-state index contributed by atoms with van der Waals surface area (Å²) in [5, 5.41) is -0.0672. The van der Waals surface area contributed by atoms with E-state index in [4.69, 9.17) is 0 Å². The van der Waals surface area contributed by atoms with E-state index >= 15 is 0 Å². The van der Waals surface area contributed by atoms with Gasteiger partial charge in [-0.1, -0.05) is 50.3 Å². The maximum absolute atomic E-state index is 12.3. The Balaban J connectivity index is 2.10. The van der Waals surface area contributed by atoms with Gasteiger partial charge in [0, 0.05) is 18.7 Å². The SMILES string of the molecule is CN1C(=O)SCC2CCCCCCCCC2C1=O. The van der Waals surface area contributed by atoms with Gasteiger partial charge < -0.3 is 0 Å². The predicted octanol–water partition coefficient (Wildman–Crippen LogP) is 3.68. The maximum Gasteiger partial charge on any atom is 0.288 e. The molecule has 0 aromatic heterocycles. The Morgan fingerprint density at radius 2 is 1.61 bits per heavy atom. The predicted molar refractivity (Wildman–Crippen MR) is 74.5 cm³/mol. The van der Waals surface area contributed by atoms with Crippen molar-refractivity contribution in [2.45, 2.75) is 51.4 Å². The van der Waals surface area contributed by atoms with Crippen LogP contribution in [-0.4, -0.2) is 28.8 Å². The third-order valence-corrected chi connectivity index (χ3v) is 5.37. The maximum atomic E-state index is 12.3. The molecule has 1 saturated heterocycles. The van der Waals surface area contributed by atoms with Crippen molar-refractivity contribution in [1.29, 1.82) is 0 Å². The molecular formula is C14H23NO2S. The van der Waals surface area contributed by atoms with E-state index < -0.39 is 0 Å². The molecule has 4 heteroatoms. The van der Waals surface area contributed by atoms with Crippen LogP contribution in [0.3, 0.4) is 0 Å². The molecule has 3 nitrogen and oxygen atoms in total. The van der Waals surface area contributed by atoms with Crippen LogP contribution in [0.1, 0.15) is 51.4 Å². The molecule has 0 radical (unpaired) electrons. The van der Waals surface area contributed by atoms with E-state index in [0.717, 1.165) is 25.0 Å². The second-order valence-electron chi connectivity index (χ2n) is 5.54. The molecule has 0 spiro atoms. The molecule has 2 amide bonds. The summed E-state index contributed by atoms with van der Waals surface area (Å²) in [6.45, 7) is 0. The minimum atomic E-state index is -0.0672. The van der Waals surface area contributed by atoms with Gasteiger partial charge in [0.1, 0.15) is 0 Å². The van der Waals surface area contributed by atoms with Crippen molar-refractivity contribution in [2.24, 2.45) is 11.8 Å². The lowest BCUT2D eigenvalue weighted by atomic mass is 9.83. The molecular weight excluding hydrogens is 246 g/mol. The zero-order valence-electron chi connectivity index (χ0n) is 11.2. The summed E-state index contributed by atoms with van der Waals surface area (Å²) in [5.74, 6) is 1.40. The lowest BCUT2D eigenvalue weighted by Gasteiger charge is -2.25. The van der Waals surface area contributed by atoms with Crippen LogP contribution in [0.5, 0.6) is 0 Å². The highest BCUT2D eigenvalue weighted by Gasteiger charge is 2.36. The highest BCUT2D eigenvalue weighted by molar-refractivity contribution is 8.13. The van der Waals surface area contributed by atoms with Gasteiger partial charge in [-0.15, -0.1) is 0 Å². The van der Waals surface area contributed by atoms with Crippen molar-refractivity contribution in [3.63, 3.8) is 0 Å². The van der Waals surface area contributed by atoms with Crippen LogP contribution in [-0.2, 0) is 4.79 Å². The zero-order valence-corrected chi connectivity index (χ0v) is 12.0. The minimum Gasteiger partial charge on any atom is -0.276 e. The Bertz CT molecular complexity index is 319. The number of carbonyl (C=O) groups is 2. The highest BCUT2D eigenvalue weighted by atomic mass is 32.2. The Labute approximate surface area is 114 Å². The summed E-state index contributed by atoms with van der Waals surface area (Å²) in [5.41, 5.74) is 0. The molecule has 0 bridgehead atoms. The minimum absolute atomic E-state index is 0.0653. The van der Waals surface area contributed by atoms with Crippen LogP contribution < -0.4 is 0 Å². The first-order valence-corrected chi connectivity index (χ1v) is 8.13. The van der Waals surface area contributed by atoms with Crippen molar-refractivity contribution in [2.75, 3.05) is 12.8 Å². The smallest absolute Gasteiger partial charge is 0.276 e. The van der Waals surface area contributed by atoms with E-state index in [1.54, 1.807) is 7.05 Å². The number of hydrogen-bond acceptors (Lipinski definition) is 3. The van der Waals surface area contributed by atoms with Gasteiger partial charge in [-0.05, 0) is 18.8 Å². The number of thioether (sulfide) groups is 1. The quantitative estimate of drug-likeness (QED) is 0.673. The molecule has 0 N–H and O–H groups in total. The monoisotopic (exact) mass is 269 g/mol. The van der Waals surface area contributed by atoms with Gasteiger partial charge >= 0.3 is 0 Å². The van der Waals surface area contributed by atoms with E-state index in [-0.39, 0.29) is 17.1 Å². The number of fused-ring (bicyclic) bond motifs is 1. The van der Waals surface area contributed by atoms with E-state index in [2.05, 4.69) is 0 Å². The number of rotatable bonds is 0. The topological polar surface area (TPSA) is 37.4 Å². The molecule has 2 atom stereocenters. The number of nitrogens with zero attached hydrogens (tertiary/aromatic N) is 1. The van der Waals surface area contributed by atoms with E-state index in [9.17, 15) is 9.59 Å². The van der Waals surface area contributed by atoms with Gasteiger partial charge in [0.25, 0.3) is 5.24 Å². The molecule has 2 aliphatic rings. The Kier molecular flexibility index (Phi) is 5.10. The van der Waals surface area contributed by atoms with E-state index in [0.29, 0.717) is 5.92 Å². The third-order valence-electron chi connectivity index (χ3n) is 4.25. The number of imide groups is 1. The summed E-state index contributed by atoms with van der Waals surface area (Å²) in [4.78, 5) is 25.4. The van der Waals surface area contributed by atoms with Gasteiger partial charge in [-0.25, -0.2) is 0 Å². The van der Waals surface area contributed by atoms with Crippen molar-refractivity contribution >= 4 is 22.9 Å². The second-order valence-corrected chi connectivity index (χ2v) is 6.51. The normalized spacial score (nSPS) is 31.7. The molecule has 102 valence electrons. The summed E-state index contributed by atoms with van der Waals surface area (Å²) in [7, 11) is 1.64. The van der Waals surface area contributed by atoms with Gasteiger partial charge in [-0.2, -0.15) is 0 Å². The highest BCUT2D eigenvalue weighted by Crippen LogP contribution is 2.34. The number of hydrogen-bond donors (Lipinski definition) is 0. The molecule has 0 aromatic rings. The molecule has 1 saturated carbocycles. The van der Waals surface area contributed by atoms with Crippen LogP contribution >= 0.6 is 11.8 Å². The molecule has 0 aromatic carbocycles. The number of amides is 2.